The molecule has 2 unspecified atom stereocenters. The molecule has 7 N–H and O–H groups in total. The molecule has 0 saturated carbocycles. The van der Waals surface area contributed by atoms with Gasteiger partial charge in [-0.05, 0) is 38.8 Å². The normalized spacial score (nSPS) is 12.9. The molecule has 0 aromatic carbocycles. The van der Waals surface area contributed by atoms with Crippen molar-refractivity contribution >= 4 is 17.7 Å². The van der Waals surface area contributed by atoms with Gasteiger partial charge in [0.2, 0.25) is 17.7 Å². The molecule has 0 heterocycles. The molecule has 12 nitrogen and oxygen atoms in total. The fourth-order valence-electron chi connectivity index (χ4n) is 2.92. The monoisotopic (exact) mass is 505 g/mol. The molecule has 2 atom stereocenters. The molecule has 35 heavy (non-hydrogen) atoms. The van der Waals surface area contributed by atoms with Crippen LogP contribution in [0.3, 0.4) is 0 Å². The van der Waals surface area contributed by atoms with E-state index in [2.05, 4.69) is 16.0 Å². The standard InChI is InChI=1S/C23H47N5O7/c1-18(2)21(23(31)27-19(22(25)30)6-4-5-8-24)28-20(29)7-10-32-12-14-34-16-17-35-15-13-33-11-9-26-3/h18-19,21,26H,4-17,24H2,1-3H3,(H2,25,30)(H,27,31)(H,28,29). The SMILES string of the molecule is CNCCOCCOCCOCCOCCC(=O)NC(C(=O)NC(CCCCN)C(N)=O)C(C)C. The Morgan fingerprint density at radius 1 is 0.800 bits per heavy atom. The quantitative estimate of drug-likeness (QED) is 0.102. The highest BCUT2D eigenvalue weighted by molar-refractivity contribution is 5.91. The van der Waals surface area contributed by atoms with Crippen molar-refractivity contribution in [1.82, 2.24) is 16.0 Å². The van der Waals surface area contributed by atoms with E-state index in [0.717, 1.165) is 13.0 Å². The second kappa shape index (κ2) is 22.6. The van der Waals surface area contributed by atoms with Gasteiger partial charge in [-0.3, -0.25) is 14.4 Å². The largest absolute Gasteiger partial charge is 0.379 e. The summed E-state index contributed by atoms with van der Waals surface area (Å²) in [5, 5.41) is 8.35. The van der Waals surface area contributed by atoms with E-state index in [4.69, 9.17) is 30.4 Å². The molecule has 0 bridgehead atoms. The lowest BCUT2D eigenvalue weighted by atomic mass is 10.0. The van der Waals surface area contributed by atoms with Gasteiger partial charge in [0, 0.05) is 13.0 Å². The minimum absolute atomic E-state index is 0.100. The summed E-state index contributed by atoms with van der Waals surface area (Å²) >= 11 is 0. The van der Waals surface area contributed by atoms with E-state index in [1.807, 2.05) is 20.9 Å². The Labute approximate surface area is 209 Å². The van der Waals surface area contributed by atoms with Crippen LogP contribution in [0.1, 0.15) is 39.5 Å². The van der Waals surface area contributed by atoms with Crippen molar-refractivity contribution in [2.45, 2.75) is 51.6 Å². The zero-order valence-electron chi connectivity index (χ0n) is 21.6. The number of carbonyl (C=O) groups is 3. The maximum atomic E-state index is 12.6. The number of unbranched alkanes of at least 4 members (excludes halogenated alkanes) is 1. The molecular formula is C23H47N5O7. The second-order valence-corrected chi connectivity index (χ2v) is 8.34. The van der Waals surface area contributed by atoms with Crippen LogP contribution in [-0.2, 0) is 33.3 Å². The third-order valence-electron chi connectivity index (χ3n) is 4.96. The van der Waals surface area contributed by atoms with E-state index in [1.54, 1.807) is 0 Å². The van der Waals surface area contributed by atoms with Gasteiger partial charge in [0.15, 0.2) is 0 Å². The van der Waals surface area contributed by atoms with Gasteiger partial charge >= 0.3 is 0 Å². The maximum absolute atomic E-state index is 12.6. The van der Waals surface area contributed by atoms with Gasteiger partial charge in [-0.25, -0.2) is 0 Å². The summed E-state index contributed by atoms with van der Waals surface area (Å²) in [6.07, 6.45) is 1.91. The average Bonchev–Trinajstić information content (AvgIpc) is 2.81. The fraction of sp³-hybridized carbons (Fsp3) is 0.870. The predicted molar refractivity (Wildman–Crippen MR) is 133 cm³/mol. The Morgan fingerprint density at radius 2 is 1.34 bits per heavy atom. The lowest BCUT2D eigenvalue weighted by Gasteiger charge is -2.24. The van der Waals surface area contributed by atoms with Gasteiger partial charge in [0.25, 0.3) is 0 Å². The van der Waals surface area contributed by atoms with Crippen LogP contribution < -0.4 is 27.4 Å². The molecule has 0 aromatic rings. The molecule has 0 fully saturated rings. The summed E-state index contributed by atoms with van der Waals surface area (Å²) in [4.78, 5) is 36.6. The smallest absolute Gasteiger partial charge is 0.243 e. The molecule has 0 saturated heterocycles. The topological polar surface area (TPSA) is 176 Å². The minimum Gasteiger partial charge on any atom is -0.379 e. The number of primary amides is 1. The van der Waals surface area contributed by atoms with E-state index in [9.17, 15) is 14.4 Å². The van der Waals surface area contributed by atoms with E-state index >= 15 is 0 Å². The maximum Gasteiger partial charge on any atom is 0.243 e. The Balaban J connectivity index is 3.99. The predicted octanol–water partition coefficient (Wildman–Crippen LogP) is -1.10. The molecule has 0 spiro atoms. The van der Waals surface area contributed by atoms with Crippen LogP contribution in [0.5, 0.6) is 0 Å². The first-order chi connectivity index (χ1) is 16.8. The van der Waals surface area contributed by atoms with Crippen LogP contribution in [0, 0.1) is 5.92 Å². The molecule has 0 aliphatic rings. The highest BCUT2D eigenvalue weighted by Gasteiger charge is 2.27. The highest BCUT2D eigenvalue weighted by atomic mass is 16.6. The first-order valence-electron chi connectivity index (χ1n) is 12.4. The molecule has 12 heteroatoms. The molecule has 0 radical (unpaired) electrons. The third kappa shape index (κ3) is 19.1. The number of carbonyl (C=O) groups excluding carboxylic acids is 3. The number of amides is 3. The Morgan fingerprint density at radius 3 is 1.83 bits per heavy atom. The van der Waals surface area contributed by atoms with Gasteiger partial charge in [0.1, 0.15) is 12.1 Å². The van der Waals surface area contributed by atoms with Crippen molar-refractivity contribution < 1.29 is 33.3 Å². The molecule has 0 rings (SSSR count). The van der Waals surface area contributed by atoms with Crippen molar-refractivity contribution in [1.29, 1.82) is 0 Å². The summed E-state index contributed by atoms with van der Waals surface area (Å²) < 4.78 is 21.5. The van der Waals surface area contributed by atoms with E-state index < -0.39 is 23.9 Å². The van der Waals surface area contributed by atoms with Crippen LogP contribution >= 0.6 is 0 Å². The molecule has 0 aliphatic carbocycles. The third-order valence-corrected chi connectivity index (χ3v) is 4.96. The summed E-state index contributed by atoms with van der Waals surface area (Å²) in [5.41, 5.74) is 10.9. The van der Waals surface area contributed by atoms with Crippen LogP contribution in [0.4, 0.5) is 0 Å². The number of rotatable bonds is 24. The second-order valence-electron chi connectivity index (χ2n) is 8.34. The molecule has 206 valence electrons. The van der Waals surface area contributed by atoms with E-state index in [-0.39, 0.29) is 24.9 Å². The Bertz CT molecular complexity index is 566. The first kappa shape index (κ1) is 33.2. The van der Waals surface area contributed by atoms with Gasteiger partial charge in [-0.2, -0.15) is 0 Å². The van der Waals surface area contributed by atoms with Crippen LogP contribution in [0.2, 0.25) is 0 Å². The van der Waals surface area contributed by atoms with E-state index in [0.29, 0.717) is 65.6 Å². The molecule has 3 amide bonds. The molecule has 0 aromatic heterocycles. The Kier molecular flexibility index (Phi) is 21.4. The number of hydrogen-bond donors (Lipinski definition) is 5. The summed E-state index contributed by atoms with van der Waals surface area (Å²) in [6, 6.07) is -1.58. The summed E-state index contributed by atoms with van der Waals surface area (Å²) in [6.45, 7) is 8.51. The lowest BCUT2D eigenvalue weighted by molar-refractivity contribution is -0.132. The molecular weight excluding hydrogens is 458 g/mol. The number of hydrogen-bond acceptors (Lipinski definition) is 9. The number of nitrogens with two attached hydrogens (primary N) is 2. The average molecular weight is 506 g/mol. The van der Waals surface area contributed by atoms with Gasteiger partial charge < -0.3 is 46.4 Å². The summed E-state index contributed by atoms with van der Waals surface area (Å²) in [7, 11) is 1.87. The van der Waals surface area contributed by atoms with Crippen LogP contribution in [0.15, 0.2) is 0 Å². The van der Waals surface area contributed by atoms with E-state index in [1.165, 1.54) is 0 Å². The van der Waals surface area contributed by atoms with Crippen molar-refractivity contribution in [3.63, 3.8) is 0 Å². The summed E-state index contributed by atoms with van der Waals surface area (Å²) in [5.74, 6) is -1.54. The van der Waals surface area contributed by atoms with Gasteiger partial charge in [-0.15, -0.1) is 0 Å². The van der Waals surface area contributed by atoms with Gasteiger partial charge in [-0.1, -0.05) is 13.8 Å². The fourth-order valence-corrected chi connectivity index (χ4v) is 2.92. The van der Waals surface area contributed by atoms with Crippen molar-refractivity contribution in [3.8, 4) is 0 Å². The van der Waals surface area contributed by atoms with Crippen molar-refractivity contribution in [2.75, 3.05) is 73.0 Å². The number of nitrogens with one attached hydrogen (secondary N) is 3. The van der Waals surface area contributed by atoms with Crippen molar-refractivity contribution in [3.05, 3.63) is 0 Å². The highest BCUT2D eigenvalue weighted by Crippen LogP contribution is 2.06. The van der Waals surface area contributed by atoms with Crippen molar-refractivity contribution in [2.24, 2.45) is 17.4 Å². The zero-order valence-corrected chi connectivity index (χ0v) is 21.6. The number of ether oxygens (including phenoxy) is 4. The Hall–Kier alpha value is -1.83. The van der Waals surface area contributed by atoms with Gasteiger partial charge in [0.05, 0.1) is 52.9 Å². The van der Waals surface area contributed by atoms with Crippen LogP contribution in [0.25, 0.3) is 0 Å². The molecule has 0 aliphatic heterocycles. The lowest BCUT2D eigenvalue weighted by Crippen LogP contribution is -2.54. The number of likely N-dealkylation sites (N-methyl/N-ethyl adjacent to an activating group) is 1. The minimum atomic E-state index is -0.794. The first-order valence-corrected chi connectivity index (χ1v) is 12.4. The zero-order chi connectivity index (χ0) is 26.3. The van der Waals surface area contributed by atoms with Crippen LogP contribution in [-0.4, -0.2) is 103 Å².